The third-order valence-electron chi connectivity index (χ3n) is 6.15. The number of Topliss-reactive ketones (excluding diaryl/α,β-unsaturated/α-hetero) is 1. The molecule has 0 radical (unpaired) electrons. The molecule has 1 aromatic carbocycles. The van der Waals surface area contributed by atoms with E-state index in [0.717, 1.165) is 30.7 Å². The molecule has 2 aliphatic carbocycles. The molecule has 2 saturated carbocycles. The number of carbonyl (C=O) groups excluding carboxylic acids is 1. The highest BCUT2D eigenvalue weighted by Crippen LogP contribution is 2.60. The van der Waals surface area contributed by atoms with Gasteiger partial charge in [-0.3, -0.25) is 4.79 Å². The second-order valence-electron chi connectivity index (χ2n) is 8.33. The van der Waals surface area contributed by atoms with Crippen LogP contribution in [0.5, 0.6) is 0 Å². The zero-order valence-corrected chi connectivity index (χ0v) is 18.7. The lowest BCUT2D eigenvalue weighted by Crippen LogP contribution is -2.26. The van der Waals surface area contributed by atoms with Crippen LogP contribution < -0.4 is 0 Å². The van der Waals surface area contributed by atoms with Crippen molar-refractivity contribution < 1.29 is 4.79 Å². The molecule has 0 amide bonds. The van der Waals surface area contributed by atoms with Gasteiger partial charge in [-0.25, -0.2) is 0 Å². The molecular formula is C26H39NO. The molecule has 2 aliphatic rings. The lowest BCUT2D eigenvalue weighted by Gasteiger charge is -2.30. The summed E-state index contributed by atoms with van der Waals surface area (Å²) in [6, 6.07) is 7.79. The summed E-state index contributed by atoms with van der Waals surface area (Å²) in [4.78, 5) is 11.4. The summed E-state index contributed by atoms with van der Waals surface area (Å²) in [6.07, 6.45) is 15.1. The quantitative estimate of drug-likeness (QED) is 0.507. The SMILES string of the molecule is C/C=C/CC.CCCCC1CC(=O)CCC12CC2.Cc1ccc(C#N)cc1C. The fraction of sp³-hybridized carbons (Fsp3) is 0.615. The Hall–Kier alpha value is -1.88. The minimum absolute atomic E-state index is 0.527. The lowest BCUT2D eigenvalue weighted by atomic mass is 9.73. The Morgan fingerprint density at radius 3 is 2.36 bits per heavy atom. The van der Waals surface area contributed by atoms with Crippen molar-refractivity contribution in [1.29, 1.82) is 5.26 Å². The highest BCUT2D eigenvalue weighted by atomic mass is 16.1. The molecule has 0 heterocycles. The summed E-state index contributed by atoms with van der Waals surface area (Å²) in [7, 11) is 0. The van der Waals surface area contributed by atoms with E-state index < -0.39 is 0 Å². The maximum atomic E-state index is 11.4. The highest BCUT2D eigenvalue weighted by Gasteiger charge is 2.50. The zero-order valence-electron chi connectivity index (χ0n) is 18.7. The Labute approximate surface area is 173 Å². The molecular weight excluding hydrogens is 342 g/mol. The van der Waals surface area contributed by atoms with E-state index in [1.807, 2.05) is 39.0 Å². The van der Waals surface area contributed by atoms with Crippen LogP contribution in [-0.4, -0.2) is 5.78 Å². The van der Waals surface area contributed by atoms with Crippen LogP contribution in [0.2, 0.25) is 0 Å². The minimum Gasteiger partial charge on any atom is -0.300 e. The molecule has 0 aliphatic heterocycles. The second-order valence-corrected chi connectivity index (χ2v) is 8.33. The summed E-state index contributed by atoms with van der Waals surface area (Å²) >= 11 is 0. The van der Waals surface area contributed by atoms with Crippen molar-refractivity contribution in [3.63, 3.8) is 0 Å². The van der Waals surface area contributed by atoms with Crippen molar-refractivity contribution in [1.82, 2.24) is 0 Å². The molecule has 154 valence electrons. The van der Waals surface area contributed by atoms with Crippen molar-refractivity contribution >= 4 is 5.78 Å². The number of nitriles is 1. The molecule has 2 nitrogen and oxygen atoms in total. The van der Waals surface area contributed by atoms with E-state index in [1.165, 1.54) is 49.7 Å². The predicted molar refractivity (Wildman–Crippen MR) is 119 cm³/mol. The molecule has 0 bridgehead atoms. The summed E-state index contributed by atoms with van der Waals surface area (Å²) in [5.41, 5.74) is 3.81. The fourth-order valence-corrected chi connectivity index (χ4v) is 3.91. The van der Waals surface area contributed by atoms with Gasteiger partial charge in [0.25, 0.3) is 0 Å². The average Bonchev–Trinajstić information content (AvgIpc) is 3.47. The molecule has 1 spiro atoms. The first-order chi connectivity index (χ1) is 13.4. The number of hydrogen-bond donors (Lipinski definition) is 0. The monoisotopic (exact) mass is 381 g/mol. The Kier molecular flexibility index (Phi) is 10.8. The van der Waals surface area contributed by atoms with Gasteiger partial charge in [-0.05, 0) is 87.5 Å². The third-order valence-corrected chi connectivity index (χ3v) is 6.15. The number of rotatable bonds is 4. The van der Waals surface area contributed by atoms with Gasteiger partial charge in [0.15, 0.2) is 0 Å². The number of ketones is 1. The summed E-state index contributed by atoms with van der Waals surface area (Å²) in [5.74, 6) is 1.28. The van der Waals surface area contributed by atoms with Gasteiger partial charge >= 0.3 is 0 Å². The number of benzene rings is 1. The first kappa shape index (κ1) is 24.2. The van der Waals surface area contributed by atoms with Gasteiger partial charge in [0, 0.05) is 12.8 Å². The number of unbranched alkanes of at least 4 members (excludes halogenated alkanes) is 1. The summed E-state index contributed by atoms with van der Waals surface area (Å²) in [5, 5.41) is 8.50. The standard InChI is InChI=1S/C12H20O.C9H9N.C5H10/c1-2-3-4-10-9-11(13)5-6-12(10)7-8-12;1-7-3-4-9(6-10)5-8(7)2;1-3-5-4-2/h10H,2-9H2,1H3;3-5H,1-2H3;3,5H,4H2,1-2H3/b;;5-3+. The largest absolute Gasteiger partial charge is 0.300 e. The zero-order chi connectivity index (χ0) is 21.0. The molecule has 0 aromatic heterocycles. The van der Waals surface area contributed by atoms with E-state index in [0.29, 0.717) is 11.2 Å². The van der Waals surface area contributed by atoms with Crippen LogP contribution in [0.25, 0.3) is 0 Å². The number of aryl methyl sites for hydroxylation is 2. The van der Waals surface area contributed by atoms with Gasteiger partial charge < -0.3 is 0 Å². The maximum absolute atomic E-state index is 11.4. The van der Waals surface area contributed by atoms with Crippen LogP contribution in [0.15, 0.2) is 30.4 Å². The van der Waals surface area contributed by atoms with E-state index in [2.05, 4.69) is 32.1 Å². The average molecular weight is 382 g/mol. The smallest absolute Gasteiger partial charge is 0.133 e. The fourth-order valence-electron chi connectivity index (χ4n) is 3.91. The van der Waals surface area contributed by atoms with Crippen LogP contribution >= 0.6 is 0 Å². The van der Waals surface area contributed by atoms with Gasteiger partial charge in [0.1, 0.15) is 5.78 Å². The van der Waals surface area contributed by atoms with Gasteiger partial charge in [-0.15, -0.1) is 0 Å². The summed E-state index contributed by atoms with van der Waals surface area (Å²) < 4.78 is 0. The van der Waals surface area contributed by atoms with Crippen molar-refractivity contribution in [2.24, 2.45) is 11.3 Å². The molecule has 0 N–H and O–H groups in total. The lowest BCUT2D eigenvalue weighted by molar-refractivity contribution is -0.123. The van der Waals surface area contributed by atoms with Crippen molar-refractivity contribution in [2.45, 2.75) is 92.4 Å². The molecule has 1 unspecified atom stereocenters. The summed E-state index contributed by atoms with van der Waals surface area (Å²) in [6.45, 7) is 10.4. The van der Waals surface area contributed by atoms with Gasteiger partial charge in [-0.1, -0.05) is 44.9 Å². The molecule has 2 fully saturated rings. The normalized spacial score (nSPS) is 19.3. The van der Waals surface area contributed by atoms with E-state index in [-0.39, 0.29) is 0 Å². The van der Waals surface area contributed by atoms with E-state index in [4.69, 9.17) is 5.26 Å². The van der Waals surface area contributed by atoms with E-state index in [9.17, 15) is 4.79 Å². The minimum atomic E-state index is 0.527. The number of hydrogen-bond acceptors (Lipinski definition) is 2. The second kappa shape index (κ2) is 12.6. The molecule has 1 aromatic rings. The van der Waals surface area contributed by atoms with Gasteiger partial charge in [0.2, 0.25) is 0 Å². The van der Waals surface area contributed by atoms with Crippen molar-refractivity contribution in [2.75, 3.05) is 0 Å². The Balaban J connectivity index is 0.000000233. The topological polar surface area (TPSA) is 40.9 Å². The molecule has 28 heavy (non-hydrogen) atoms. The van der Waals surface area contributed by atoms with Crippen molar-refractivity contribution in [3.8, 4) is 6.07 Å². The first-order valence-corrected chi connectivity index (χ1v) is 11.0. The molecule has 1 atom stereocenters. The predicted octanol–water partition coefficient (Wildman–Crippen LogP) is 7.47. The van der Waals surface area contributed by atoms with Crippen LogP contribution in [0, 0.1) is 36.5 Å². The van der Waals surface area contributed by atoms with E-state index >= 15 is 0 Å². The first-order valence-electron chi connectivity index (χ1n) is 11.0. The highest BCUT2D eigenvalue weighted by molar-refractivity contribution is 5.79. The van der Waals surface area contributed by atoms with Crippen LogP contribution in [0.1, 0.15) is 95.2 Å². The molecule has 0 saturated heterocycles. The Morgan fingerprint density at radius 2 is 1.89 bits per heavy atom. The molecule has 2 heteroatoms. The molecule has 3 rings (SSSR count). The maximum Gasteiger partial charge on any atom is 0.133 e. The van der Waals surface area contributed by atoms with Crippen LogP contribution in [0.4, 0.5) is 0 Å². The van der Waals surface area contributed by atoms with Crippen LogP contribution in [0.3, 0.4) is 0 Å². The van der Waals surface area contributed by atoms with Crippen molar-refractivity contribution in [3.05, 3.63) is 47.0 Å². The van der Waals surface area contributed by atoms with Gasteiger partial charge in [-0.2, -0.15) is 5.26 Å². The Morgan fingerprint density at radius 1 is 1.18 bits per heavy atom. The number of allylic oxidation sites excluding steroid dienone is 2. The van der Waals surface area contributed by atoms with Gasteiger partial charge in [0.05, 0.1) is 11.6 Å². The third kappa shape index (κ3) is 8.01. The Bertz CT molecular complexity index is 676. The number of carbonyl (C=O) groups is 1. The van der Waals surface area contributed by atoms with E-state index in [1.54, 1.807) is 0 Å². The van der Waals surface area contributed by atoms with Crippen LogP contribution in [-0.2, 0) is 4.79 Å². The number of nitrogens with zero attached hydrogens (tertiary/aromatic N) is 1.